The molecule has 0 rings (SSSR count). The summed E-state index contributed by atoms with van der Waals surface area (Å²) in [7, 11) is -2.12. The fourth-order valence-corrected chi connectivity index (χ4v) is 25.0. The zero-order valence-electron chi connectivity index (χ0n) is 33.8. The first-order chi connectivity index (χ1) is 22.1. The van der Waals surface area contributed by atoms with Gasteiger partial charge in [-0.25, -0.2) is 0 Å². The summed E-state index contributed by atoms with van der Waals surface area (Å²) in [5, 5.41) is 0. The van der Waals surface area contributed by atoms with Crippen LogP contribution in [0.4, 0.5) is 0 Å². The summed E-state index contributed by atoms with van der Waals surface area (Å²) in [6.07, 6.45) is 36.7. The monoisotopic (exact) mass is 712 g/mol. The summed E-state index contributed by atoms with van der Waals surface area (Å²) in [5.41, 5.74) is 0. The second kappa shape index (κ2) is 29.6. The van der Waals surface area contributed by atoms with Crippen molar-refractivity contribution in [2.45, 2.75) is 210 Å². The molecule has 0 bridgehead atoms. The van der Waals surface area contributed by atoms with Crippen LogP contribution < -0.4 is 0 Å². The molecular weight excluding hydrogens is 621 g/mol. The Kier molecular flexibility index (Phi) is 31.5. The van der Waals surface area contributed by atoms with Crippen molar-refractivity contribution in [3.8, 4) is 0 Å². The van der Waals surface area contributed by atoms with Gasteiger partial charge in [-0.3, -0.25) is 0 Å². The van der Waals surface area contributed by atoms with Crippen LogP contribution in [0.5, 0.6) is 0 Å². The first-order valence-corrected chi connectivity index (χ1v) is 27.9. The van der Waals surface area contributed by atoms with Crippen molar-refractivity contribution in [2.24, 2.45) is 0 Å². The summed E-state index contributed by atoms with van der Waals surface area (Å²) >= 11 is 0. The van der Waals surface area contributed by atoms with Crippen LogP contribution in [0.25, 0.3) is 0 Å². The number of hydrogen-bond donors (Lipinski definition) is 0. The fraction of sp³-hybridized carbons (Fsp3) is 1.00. The van der Waals surface area contributed by atoms with Gasteiger partial charge in [0, 0.05) is 0 Å². The first kappa shape index (κ1) is 49.0. The van der Waals surface area contributed by atoms with Crippen LogP contribution in [-0.4, -0.2) is 49.3 Å². The van der Waals surface area contributed by atoms with Crippen LogP contribution in [0.1, 0.15) is 210 Å². The predicted octanol–water partition coefficient (Wildman–Crippen LogP) is 16.4. The molecule has 0 unspecified atom stereocenters. The minimum absolute atomic E-state index is 1.15. The van der Waals surface area contributed by atoms with E-state index in [0.29, 0.717) is 0 Å². The second-order valence-corrected chi connectivity index (χ2v) is 27.9. The van der Waals surface area contributed by atoms with Crippen LogP contribution in [0, 0.1) is 0 Å². The van der Waals surface area contributed by atoms with Crippen molar-refractivity contribution in [1.29, 1.82) is 0 Å². The van der Waals surface area contributed by atoms with Crippen LogP contribution in [0.15, 0.2) is 0 Å². The van der Waals surface area contributed by atoms with E-state index in [9.17, 15) is 4.57 Å². The standard InChI is InChI=1S/C32H72O3P3.C8H18/c1-9-17-25-37(26-18-10-2,27-19-11-3,28-20-12-4)34-36(33)35-38(29-21-13-5,30-22-14-6,31-23-15-7)32-24-16-8;1-3-5-7-8-6-4-2/h9-32H2,1-8H3;3-8H2,1-2H3/q+1;. The van der Waals surface area contributed by atoms with Gasteiger partial charge in [0.15, 0.2) is 0 Å². The van der Waals surface area contributed by atoms with Gasteiger partial charge in [0.1, 0.15) is 0 Å². The van der Waals surface area contributed by atoms with Gasteiger partial charge >= 0.3 is 243 Å². The van der Waals surface area contributed by atoms with E-state index in [4.69, 9.17) is 8.62 Å². The van der Waals surface area contributed by atoms with E-state index in [2.05, 4.69) is 69.2 Å². The Balaban J connectivity index is 0. The van der Waals surface area contributed by atoms with E-state index in [1.807, 2.05) is 0 Å². The van der Waals surface area contributed by atoms with Crippen molar-refractivity contribution in [1.82, 2.24) is 0 Å². The molecule has 6 heteroatoms. The summed E-state index contributed by atoms with van der Waals surface area (Å²) in [6.45, 7) is 17.7. The molecule has 46 heavy (non-hydrogen) atoms. The molecule has 0 amide bonds. The second-order valence-electron chi connectivity index (χ2n) is 15.1. The third kappa shape index (κ3) is 19.9. The fourth-order valence-electron chi connectivity index (χ4n) is 7.38. The van der Waals surface area contributed by atoms with Crippen molar-refractivity contribution in [3.63, 3.8) is 0 Å². The van der Waals surface area contributed by atoms with E-state index in [1.54, 1.807) is 0 Å². The van der Waals surface area contributed by atoms with Crippen molar-refractivity contribution >= 4 is 21.9 Å². The van der Waals surface area contributed by atoms with Gasteiger partial charge in [-0.05, 0) is 0 Å². The Hall–Kier alpha value is 0.880. The molecule has 0 aliphatic heterocycles. The third-order valence-corrected chi connectivity index (χ3v) is 27.0. The first-order valence-electron chi connectivity index (χ1n) is 21.0. The van der Waals surface area contributed by atoms with Gasteiger partial charge < -0.3 is 0 Å². The molecule has 0 aliphatic carbocycles. The molecule has 0 fully saturated rings. The molecule has 0 radical (unpaired) electrons. The van der Waals surface area contributed by atoms with Gasteiger partial charge in [-0.1, -0.05) is 52.4 Å². The van der Waals surface area contributed by atoms with E-state index < -0.39 is 21.9 Å². The number of hydrogen-bond acceptors (Lipinski definition) is 3. The van der Waals surface area contributed by atoms with E-state index >= 15 is 0 Å². The minimum atomic E-state index is -2.64. The van der Waals surface area contributed by atoms with Crippen molar-refractivity contribution in [2.75, 3.05) is 49.3 Å². The SMILES string of the molecule is CCCCCCCC.CCCCP(CCCC)(CCCC)(CCCC)O[P+](=O)OP(CCCC)(CCCC)(CCCC)CCCC. The Morgan fingerprint density at radius 1 is 0.304 bits per heavy atom. The van der Waals surface area contributed by atoms with E-state index in [0.717, 1.165) is 49.3 Å². The number of unbranched alkanes of at least 4 members (excludes halogenated alkanes) is 13. The quantitative estimate of drug-likeness (QED) is 0.0502. The van der Waals surface area contributed by atoms with Crippen LogP contribution in [0.2, 0.25) is 0 Å². The van der Waals surface area contributed by atoms with Gasteiger partial charge in [-0.2, -0.15) is 0 Å². The van der Waals surface area contributed by atoms with E-state index in [-0.39, 0.29) is 0 Å². The van der Waals surface area contributed by atoms with Crippen LogP contribution >= 0.6 is 21.9 Å². The topological polar surface area (TPSA) is 35.5 Å². The van der Waals surface area contributed by atoms with E-state index in [1.165, 1.54) is 141 Å². The van der Waals surface area contributed by atoms with Gasteiger partial charge in [0.05, 0.1) is 0 Å². The van der Waals surface area contributed by atoms with Crippen molar-refractivity contribution < 1.29 is 13.2 Å². The van der Waals surface area contributed by atoms with Crippen LogP contribution in [-0.2, 0) is 13.2 Å². The third-order valence-electron chi connectivity index (χ3n) is 10.7. The Morgan fingerprint density at radius 2 is 0.478 bits per heavy atom. The van der Waals surface area contributed by atoms with Gasteiger partial charge in [0.2, 0.25) is 0 Å². The molecule has 0 heterocycles. The molecule has 0 saturated heterocycles. The average Bonchev–Trinajstić information content (AvgIpc) is 3.07. The number of rotatable bonds is 33. The predicted molar refractivity (Wildman–Crippen MR) is 221 cm³/mol. The summed E-state index contributed by atoms with van der Waals surface area (Å²) in [4.78, 5) is 0. The molecule has 0 atom stereocenters. The molecule has 0 N–H and O–H groups in total. The zero-order valence-corrected chi connectivity index (χ0v) is 36.5. The summed E-state index contributed by atoms with van der Waals surface area (Å²) < 4.78 is 29.1. The van der Waals surface area contributed by atoms with Gasteiger partial charge in [-0.15, -0.1) is 0 Å². The molecule has 0 aromatic heterocycles. The molecule has 0 spiro atoms. The molecule has 0 aliphatic rings. The molecular formula is C40H90O3P3+. The van der Waals surface area contributed by atoms with Crippen LogP contribution in [0.3, 0.4) is 0 Å². The Bertz CT molecular complexity index is 556. The van der Waals surface area contributed by atoms with Crippen molar-refractivity contribution in [3.05, 3.63) is 0 Å². The zero-order chi connectivity index (χ0) is 35.1. The molecule has 3 nitrogen and oxygen atoms in total. The average molecular weight is 712 g/mol. The normalized spacial score (nSPS) is 14.2. The Morgan fingerprint density at radius 3 is 0.630 bits per heavy atom. The molecule has 0 saturated carbocycles. The summed E-state index contributed by atoms with van der Waals surface area (Å²) in [6, 6.07) is 0. The van der Waals surface area contributed by atoms with Gasteiger partial charge in [0.25, 0.3) is 0 Å². The molecule has 282 valence electrons. The maximum absolute atomic E-state index is 14.6. The molecule has 0 aromatic rings. The molecule has 0 aromatic carbocycles. The Labute approximate surface area is 294 Å². The maximum atomic E-state index is 14.6. The summed E-state index contributed by atoms with van der Waals surface area (Å²) in [5.74, 6) is 0.